The van der Waals surface area contributed by atoms with E-state index in [1.807, 2.05) is 17.0 Å². The van der Waals surface area contributed by atoms with Crippen LogP contribution >= 0.6 is 0 Å². The minimum Gasteiger partial charge on any atom is -0.449 e. The van der Waals surface area contributed by atoms with Crippen LogP contribution in [0.2, 0.25) is 0 Å². The molecule has 6 heteroatoms. The van der Waals surface area contributed by atoms with Gasteiger partial charge < -0.3 is 15.0 Å². The number of hydrogen-bond donors (Lipinski definition) is 1. The zero-order chi connectivity index (χ0) is 17.9. The van der Waals surface area contributed by atoms with Gasteiger partial charge in [0.2, 0.25) is 5.91 Å². The number of benzene rings is 1. The first kappa shape index (κ1) is 17.3. The van der Waals surface area contributed by atoms with Crippen molar-refractivity contribution in [3.05, 3.63) is 23.8 Å². The molecular formula is C20H27N3O3. The Labute approximate surface area is 154 Å². The van der Waals surface area contributed by atoms with Gasteiger partial charge in [0.15, 0.2) is 0 Å². The van der Waals surface area contributed by atoms with Gasteiger partial charge in [-0.25, -0.2) is 4.79 Å². The van der Waals surface area contributed by atoms with E-state index >= 15 is 0 Å². The van der Waals surface area contributed by atoms with Crippen LogP contribution in [0.1, 0.15) is 37.7 Å². The van der Waals surface area contributed by atoms with Crippen molar-refractivity contribution in [3.63, 3.8) is 0 Å². The molecule has 0 saturated carbocycles. The van der Waals surface area contributed by atoms with Crippen LogP contribution in [0, 0.1) is 5.92 Å². The van der Waals surface area contributed by atoms with Crippen molar-refractivity contribution in [3.8, 4) is 0 Å². The summed E-state index contributed by atoms with van der Waals surface area (Å²) in [6.07, 6.45) is 5.41. The molecule has 4 rings (SSSR count). The molecule has 0 spiro atoms. The number of rotatable bonds is 4. The third-order valence-corrected chi connectivity index (χ3v) is 5.77. The number of ether oxygens (including phenoxy) is 1. The summed E-state index contributed by atoms with van der Waals surface area (Å²) in [6, 6.07) is 5.96. The fourth-order valence-corrected chi connectivity index (χ4v) is 4.23. The number of nitrogens with one attached hydrogen (secondary N) is 1. The van der Waals surface area contributed by atoms with Gasteiger partial charge in [-0.15, -0.1) is 0 Å². The molecule has 1 aromatic rings. The van der Waals surface area contributed by atoms with E-state index < -0.39 is 0 Å². The molecule has 0 aliphatic carbocycles. The predicted octanol–water partition coefficient (Wildman–Crippen LogP) is 2.70. The van der Waals surface area contributed by atoms with Crippen molar-refractivity contribution in [2.24, 2.45) is 5.92 Å². The minimum atomic E-state index is -0.248. The van der Waals surface area contributed by atoms with Crippen molar-refractivity contribution in [2.75, 3.05) is 42.6 Å². The first-order valence-corrected chi connectivity index (χ1v) is 9.80. The lowest BCUT2D eigenvalue weighted by Crippen LogP contribution is -2.31. The van der Waals surface area contributed by atoms with Crippen LogP contribution < -0.4 is 15.1 Å². The Kier molecular flexibility index (Phi) is 5.11. The molecular weight excluding hydrogens is 330 g/mol. The number of piperidine rings is 1. The van der Waals surface area contributed by atoms with Crippen molar-refractivity contribution in [2.45, 2.75) is 38.5 Å². The summed E-state index contributed by atoms with van der Waals surface area (Å²) in [5, 5.41) is 3.36. The second-order valence-electron chi connectivity index (χ2n) is 7.46. The summed E-state index contributed by atoms with van der Waals surface area (Å²) in [7, 11) is 0. The Morgan fingerprint density at radius 3 is 2.81 bits per heavy atom. The third kappa shape index (κ3) is 3.56. The molecule has 0 atom stereocenters. The molecule has 1 aromatic carbocycles. The highest BCUT2D eigenvalue weighted by atomic mass is 16.6. The van der Waals surface area contributed by atoms with Crippen molar-refractivity contribution in [1.29, 1.82) is 0 Å². The maximum atomic E-state index is 12.5. The average molecular weight is 357 g/mol. The van der Waals surface area contributed by atoms with Crippen LogP contribution in [0.25, 0.3) is 0 Å². The van der Waals surface area contributed by atoms with Crippen LogP contribution in [0.15, 0.2) is 18.2 Å². The summed E-state index contributed by atoms with van der Waals surface area (Å²) in [5.74, 6) is 0.854. The van der Waals surface area contributed by atoms with Crippen molar-refractivity contribution in [1.82, 2.24) is 5.32 Å². The van der Waals surface area contributed by atoms with E-state index in [0.717, 1.165) is 55.8 Å². The summed E-state index contributed by atoms with van der Waals surface area (Å²) in [6.45, 7) is 4.08. The molecule has 2 fully saturated rings. The second kappa shape index (κ2) is 7.66. The second-order valence-corrected chi connectivity index (χ2v) is 7.46. The number of nitrogens with zero attached hydrogens (tertiary/aromatic N) is 2. The first-order valence-electron chi connectivity index (χ1n) is 9.80. The molecule has 26 heavy (non-hydrogen) atoms. The predicted molar refractivity (Wildman–Crippen MR) is 101 cm³/mol. The highest BCUT2D eigenvalue weighted by molar-refractivity contribution is 5.96. The van der Waals surface area contributed by atoms with Gasteiger partial charge >= 0.3 is 6.09 Å². The summed E-state index contributed by atoms with van der Waals surface area (Å²) < 4.78 is 5.53. The quantitative estimate of drug-likeness (QED) is 0.900. The summed E-state index contributed by atoms with van der Waals surface area (Å²) in [4.78, 5) is 28.0. The smallest absolute Gasteiger partial charge is 0.414 e. The number of amides is 2. The monoisotopic (exact) mass is 357 g/mol. The van der Waals surface area contributed by atoms with E-state index in [1.165, 1.54) is 12.8 Å². The molecule has 3 aliphatic rings. The van der Waals surface area contributed by atoms with Crippen LogP contribution in [0.5, 0.6) is 0 Å². The average Bonchev–Trinajstić information content (AvgIpc) is 3.28. The number of anilines is 2. The SMILES string of the molecule is O=C1CCCN1c1ccc2c(c1)CCN2C(=O)OCCC1CCNCC1. The molecule has 0 aromatic heterocycles. The standard InChI is InChI=1S/C20H27N3O3/c24-19-2-1-11-22(19)17-3-4-18-16(14-17)7-12-23(18)20(25)26-13-8-15-5-9-21-10-6-15/h3-4,14-15,21H,1-2,5-13H2. The molecule has 1 N–H and O–H groups in total. The van der Waals surface area contributed by atoms with Gasteiger partial charge in [-0.2, -0.15) is 0 Å². The highest BCUT2D eigenvalue weighted by Crippen LogP contribution is 2.33. The van der Waals surface area contributed by atoms with E-state index in [1.54, 1.807) is 4.90 Å². The lowest BCUT2D eigenvalue weighted by Gasteiger charge is -2.23. The van der Waals surface area contributed by atoms with Crippen LogP contribution in [-0.2, 0) is 16.0 Å². The Hall–Kier alpha value is -2.08. The number of fused-ring (bicyclic) bond motifs is 1. The zero-order valence-corrected chi connectivity index (χ0v) is 15.2. The zero-order valence-electron chi connectivity index (χ0n) is 15.2. The largest absolute Gasteiger partial charge is 0.449 e. The van der Waals surface area contributed by atoms with Gasteiger partial charge in [-0.05, 0) is 74.9 Å². The van der Waals surface area contributed by atoms with Crippen LogP contribution in [-0.4, -0.2) is 44.8 Å². The Bertz CT molecular complexity index is 685. The fourth-order valence-electron chi connectivity index (χ4n) is 4.23. The van der Waals surface area contributed by atoms with Gasteiger partial charge in [0, 0.05) is 25.2 Å². The van der Waals surface area contributed by atoms with E-state index in [2.05, 4.69) is 11.4 Å². The molecule has 2 amide bonds. The summed E-state index contributed by atoms with van der Waals surface area (Å²) in [5.41, 5.74) is 3.00. The third-order valence-electron chi connectivity index (χ3n) is 5.77. The topological polar surface area (TPSA) is 61.9 Å². The lowest BCUT2D eigenvalue weighted by molar-refractivity contribution is -0.117. The maximum Gasteiger partial charge on any atom is 0.414 e. The molecule has 3 aliphatic heterocycles. The highest BCUT2D eigenvalue weighted by Gasteiger charge is 2.28. The Morgan fingerprint density at radius 1 is 1.19 bits per heavy atom. The van der Waals surface area contributed by atoms with E-state index in [4.69, 9.17) is 4.74 Å². The Morgan fingerprint density at radius 2 is 2.04 bits per heavy atom. The molecule has 6 nitrogen and oxygen atoms in total. The van der Waals surface area contributed by atoms with Gasteiger partial charge in [0.25, 0.3) is 0 Å². The molecule has 0 bridgehead atoms. The molecule has 0 unspecified atom stereocenters. The fraction of sp³-hybridized carbons (Fsp3) is 0.600. The van der Waals surface area contributed by atoms with E-state index in [0.29, 0.717) is 25.5 Å². The maximum absolute atomic E-state index is 12.5. The van der Waals surface area contributed by atoms with Crippen molar-refractivity contribution < 1.29 is 14.3 Å². The van der Waals surface area contributed by atoms with Gasteiger partial charge in [0.05, 0.1) is 12.3 Å². The molecule has 0 radical (unpaired) electrons. The van der Waals surface area contributed by atoms with Crippen LogP contribution in [0.4, 0.5) is 16.2 Å². The van der Waals surface area contributed by atoms with Crippen molar-refractivity contribution >= 4 is 23.4 Å². The normalized spacial score (nSPS) is 20.5. The molecule has 140 valence electrons. The number of carbonyl (C=O) groups excluding carboxylic acids is 2. The number of carbonyl (C=O) groups is 2. The Balaban J connectivity index is 1.34. The number of hydrogen-bond acceptors (Lipinski definition) is 4. The van der Waals surface area contributed by atoms with E-state index in [9.17, 15) is 9.59 Å². The lowest BCUT2D eigenvalue weighted by atomic mass is 9.95. The van der Waals surface area contributed by atoms with Gasteiger partial charge in [-0.3, -0.25) is 9.69 Å². The first-order chi connectivity index (χ1) is 12.7. The van der Waals surface area contributed by atoms with Gasteiger partial charge in [-0.1, -0.05) is 0 Å². The van der Waals surface area contributed by atoms with E-state index in [-0.39, 0.29) is 12.0 Å². The van der Waals surface area contributed by atoms with Crippen LogP contribution in [0.3, 0.4) is 0 Å². The molecule has 3 heterocycles. The summed E-state index contributed by atoms with van der Waals surface area (Å²) >= 11 is 0. The van der Waals surface area contributed by atoms with Gasteiger partial charge in [0.1, 0.15) is 0 Å². The minimum absolute atomic E-state index is 0.192. The molecule has 2 saturated heterocycles.